The molecule has 40 heavy (non-hydrogen) atoms. The van der Waals surface area contributed by atoms with Crippen molar-refractivity contribution in [1.29, 1.82) is 0 Å². The Kier molecular flexibility index (Phi) is 5.50. The summed E-state index contributed by atoms with van der Waals surface area (Å²) < 4.78 is 21.6. The number of aliphatic hydroxyl groups excluding tert-OH is 1. The van der Waals surface area contributed by atoms with Crippen molar-refractivity contribution >= 4 is 17.8 Å². The van der Waals surface area contributed by atoms with Gasteiger partial charge < -0.3 is 20.1 Å². The van der Waals surface area contributed by atoms with Crippen LogP contribution in [0.2, 0.25) is 0 Å². The molecule has 1 saturated carbocycles. The largest absolute Gasteiger partial charge is 0.491 e. The molecule has 3 aromatic rings. The smallest absolute Gasteiger partial charge is 0.325 e. The van der Waals surface area contributed by atoms with E-state index < -0.39 is 41.9 Å². The fraction of sp³-hybridized carbons (Fsp3) is 0.379. The number of ether oxygens (including phenoxy) is 1. The van der Waals surface area contributed by atoms with E-state index in [1.54, 1.807) is 27.9 Å². The van der Waals surface area contributed by atoms with Crippen LogP contribution in [0, 0.1) is 11.7 Å². The summed E-state index contributed by atoms with van der Waals surface area (Å²) in [6.45, 7) is -0.0714. The van der Waals surface area contributed by atoms with Crippen molar-refractivity contribution in [2.45, 2.75) is 43.5 Å². The van der Waals surface area contributed by atoms with Gasteiger partial charge >= 0.3 is 6.03 Å². The highest BCUT2D eigenvalue weighted by Gasteiger charge is 2.58. The van der Waals surface area contributed by atoms with Gasteiger partial charge in [-0.3, -0.25) is 19.2 Å². The van der Waals surface area contributed by atoms with Crippen LogP contribution in [-0.2, 0) is 28.7 Å². The molecule has 7 rings (SSSR count). The van der Waals surface area contributed by atoms with Gasteiger partial charge in [-0.1, -0.05) is 12.1 Å². The molecule has 2 aliphatic carbocycles. The number of carbonyl (C=O) groups excluding carboxylic acids is 3. The second-order valence-corrected chi connectivity index (χ2v) is 11.1. The maximum atomic E-state index is 14.0. The van der Waals surface area contributed by atoms with Gasteiger partial charge in [-0.25, -0.2) is 9.18 Å². The number of aryl methyl sites for hydroxylation is 1. The van der Waals surface area contributed by atoms with Crippen molar-refractivity contribution < 1.29 is 28.6 Å². The Hall–Kier alpha value is -4.25. The van der Waals surface area contributed by atoms with Crippen LogP contribution in [0.25, 0.3) is 11.1 Å². The summed E-state index contributed by atoms with van der Waals surface area (Å²) in [6, 6.07) is 8.70. The van der Waals surface area contributed by atoms with Gasteiger partial charge in [0.1, 0.15) is 30.3 Å². The van der Waals surface area contributed by atoms with E-state index in [0.29, 0.717) is 22.4 Å². The summed E-state index contributed by atoms with van der Waals surface area (Å²) in [5.74, 6) is -0.634. The number of aliphatic hydroxyl groups is 1. The molecule has 10 nitrogen and oxygen atoms in total. The highest BCUT2D eigenvalue weighted by molar-refractivity contribution is 6.10. The van der Waals surface area contributed by atoms with E-state index >= 15 is 0 Å². The Morgan fingerprint density at radius 2 is 2.02 bits per heavy atom. The Morgan fingerprint density at radius 1 is 1.20 bits per heavy atom. The lowest BCUT2D eigenvalue weighted by molar-refractivity contribution is -0.141. The number of nitrogens with zero attached hydrogens (tertiary/aromatic N) is 4. The number of urea groups is 1. The van der Waals surface area contributed by atoms with Gasteiger partial charge in [-0.15, -0.1) is 0 Å². The van der Waals surface area contributed by atoms with Gasteiger partial charge in [0.05, 0.1) is 18.3 Å². The lowest BCUT2D eigenvalue weighted by atomic mass is 9.90. The highest BCUT2D eigenvalue weighted by Crippen LogP contribution is 2.48. The maximum absolute atomic E-state index is 14.0. The van der Waals surface area contributed by atoms with Gasteiger partial charge in [0.25, 0.3) is 5.91 Å². The minimum Gasteiger partial charge on any atom is -0.491 e. The standard InChI is InChI=1S/C29H28FN5O5/c1-33-12-19(11-31-33)17-4-6-22-21(9-17)24(36)10-29(22)27(38)35(28(39)32-29)14-26(37)34-13-18-8-20(30)5-7-25(18)40-15-23(34)16-2-3-16/h4-9,11-12,16,23-24,36H,2-3,10,13-15H2,1H3,(H,32,39)/t23?,24?,29-/m1/s1. The van der Waals surface area contributed by atoms with Crippen LogP contribution in [0.15, 0.2) is 48.8 Å². The summed E-state index contributed by atoms with van der Waals surface area (Å²) in [5.41, 5.74) is 1.86. The molecule has 2 N–H and O–H groups in total. The van der Waals surface area contributed by atoms with Gasteiger partial charge in [0.15, 0.2) is 0 Å². The molecule has 1 aromatic heterocycles. The van der Waals surface area contributed by atoms with E-state index in [2.05, 4.69) is 10.4 Å². The molecule has 3 atom stereocenters. The van der Waals surface area contributed by atoms with Gasteiger partial charge in [-0.05, 0) is 59.7 Å². The molecule has 0 bridgehead atoms. The van der Waals surface area contributed by atoms with E-state index in [1.165, 1.54) is 12.1 Å². The normalized spacial score (nSPS) is 25.5. The number of benzene rings is 2. The molecule has 4 aliphatic rings. The summed E-state index contributed by atoms with van der Waals surface area (Å²) in [7, 11) is 1.81. The Bertz CT molecular complexity index is 1570. The summed E-state index contributed by atoms with van der Waals surface area (Å²) in [4.78, 5) is 43.3. The van der Waals surface area contributed by atoms with Crippen molar-refractivity contribution in [3.8, 4) is 16.9 Å². The van der Waals surface area contributed by atoms with Crippen molar-refractivity contribution in [2.75, 3.05) is 13.2 Å². The number of hydrogen-bond acceptors (Lipinski definition) is 6. The Labute approximate surface area is 229 Å². The van der Waals surface area contributed by atoms with Crippen LogP contribution in [0.3, 0.4) is 0 Å². The zero-order valence-corrected chi connectivity index (χ0v) is 21.8. The quantitative estimate of drug-likeness (QED) is 0.487. The van der Waals surface area contributed by atoms with Crippen LogP contribution in [0.4, 0.5) is 9.18 Å². The first kappa shape index (κ1) is 24.8. The third-order valence-corrected chi connectivity index (χ3v) is 8.54. The molecule has 11 heteroatoms. The number of amides is 4. The average molecular weight is 546 g/mol. The number of carbonyl (C=O) groups is 3. The third kappa shape index (κ3) is 3.87. The molecule has 1 spiro atoms. The van der Waals surface area contributed by atoms with Crippen molar-refractivity contribution in [3.05, 3.63) is 71.3 Å². The topological polar surface area (TPSA) is 117 Å². The molecule has 3 heterocycles. The number of aromatic nitrogens is 2. The second kappa shape index (κ2) is 8.88. The molecular weight excluding hydrogens is 517 g/mol. The Balaban J connectivity index is 1.16. The maximum Gasteiger partial charge on any atom is 0.325 e. The van der Waals surface area contributed by atoms with E-state index in [1.807, 2.05) is 25.4 Å². The molecule has 2 aliphatic heterocycles. The van der Waals surface area contributed by atoms with Gasteiger partial charge in [-0.2, -0.15) is 5.10 Å². The molecule has 206 valence electrons. The molecule has 1 saturated heterocycles. The molecule has 2 fully saturated rings. The van der Waals surface area contributed by atoms with E-state index in [9.17, 15) is 23.9 Å². The monoisotopic (exact) mass is 545 g/mol. The van der Waals surface area contributed by atoms with Crippen LogP contribution < -0.4 is 10.1 Å². The first-order valence-corrected chi connectivity index (χ1v) is 13.4. The van der Waals surface area contributed by atoms with Crippen LogP contribution >= 0.6 is 0 Å². The number of rotatable bonds is 4. The van der Waals surface area contributed by atoms with Gasteiger partial charge in [0.2, 0.25) is 5.91 Å². The fourth-order valence-corrected chi connectivity index (χ4v) is 6.33. The summed E-state index contributed by atoms with van der Waals surface area (Å²) in [6.07, 6.45) is 4.46. The number of hydrogen-bond donors (Lipinski definition) is 2. The predicted molar refractivity (Wildman–Crippen MR) is 139 cm³/mol. The fourth-order valence-electron chi connectivity index (χ4n) is 6.33. The van der Waals surface area contributed by atoms with E-state index in [0.717, 1.165) is 28.9 Å². The first-order valence-electron chi connectivity index (χ1n) is 13.4. The molecule has 2 unspecified atom stereocenters. The highest BCUT2D eigenvalue weighted by atomic mass is 19.1. The predicted octanol–water partition coefficient (Wildman–Crippen LogP) is 2.61. The minimum atomic E-state index is -1.45. The average Bonchev–Trinajstić information content (AvgIpc) is 3.60. The van der Waals surface area contributed by atoms with Crippen LogP contribution in [0.5, 0.6) is 5.75 Å². The van der Waals surface area contributed by atoms with Crippen LogP contribution in [-0.4, -0.2) is 61.7 Å². The molecular formula is C29H28FN5O5. The summed E-state index contributed by atoms with van der Waals surface area (Å²) >= 11 is 0. The third-order valence-electron chi connectivity index (χ3n) is 8.54. The minimum absolute atomic E-state index is 0.0248. The van der Waals surface area contributed by atoms with Gasteiger partial charge in [0, 0.05) is 37.3 Å². The number of halogens is 1. The lowest BCUT2D eigenvalue weighted by Crippen LogP contribution is -2.49. The zero-order chi connectivity index (χ0) is 27.8. The number of imide groups is 1. The molecule has 0 radical (unpaired) electrons. The first-order chi connectivity index (χ1) is 19.2. The summed E-state index contributed by atoms with van der Waals surface area (Å²) in [5, 5.41) is 17.9. The van der Waals surface area contributed by atoms with Crippen molar-refractivity contribution in [2.24, 2.45) is 13.0 Å². The number of nitrogens with one attached hydrogen (secondary N) is 1. The molecule has 4 amide bonds. The number of fused-ring (bicyclic) bond motifs is 3. The Morgan fingerprint density at radius 3 is 2.77 bits per heavy atom. The zero-order valence-electron chi connectivity index (χ0n) is 21.8. The SMILES string of the molecule is Cn1cc(-c2ccc3c(c2)C(O)C[C@@]32NC(=O)N(CC(=O)N3Cc4cc(F)ccc4OCC3C3CC3)C2=O)cn1. The van der Waals surface area contributed by atoms with E-state index in [-0.39, 0.29) is 31.5 Å². The van der Waals surface area contributed by atoms with Crippen molar-refractivity contribution in [3.63, 3.8) is 0 Å². The van der Waals surface area contributed by atoms with Crippen molar-refractivity contribution in [1.82, 2.24) is 24.9 Å². The lowest BCUT2D eigenvalue weighted by Gasteiger charge is -2.30. The van der Waals surface area contributed by atoms with Crippen LogP contribution in [0.1, 0.15) is 42.1 Å². The second-order valence-electron chi connectivity index (χ2n) is 11.1. The molecule has 2 aromatic carbocycles. The van der Waals surface area contributed by atoms with E-state index in [4.69, 9.17) is 4.74 Å².